The Balaban J connectivity index is 0.00000196. The largest absolute Gasteiger partial charge is 0.347 e. The van der Waals surface area contributed by atoms with E-state index in [0.717, 1.165) is 23.5 Å². The highest BCUT2D eigenvalue weighted by molar-refractivity contribution is 7.09. The van der Waals surface area contributed by atoms with Crippen molar-refractivity contribution >= 4 is 42.1 Å². The summed E-state index contributed by atoms with van der Waals surface area (Å²) in [6.07, 6.45) is 6.07. The molecule has 0 aliphatic carbocycles. The summed E-state index contributed by atoms with van der Waals surface area (Å²) in [7, 11) is 0. The second-order valence-corrected chi connectivity index (χ2v) is 7.80. The van der Waals surface area contributed by atoms with Gasteiger partial charge in [-0.3, -0.25) is 9.69 Å². The Morgan fingerprint density at radius 3 is 2.36 bits per heavy atom. The van der Waals surface area contributed by atoms with E-state index in [9.17, 15) is 4.79 Å². The lowest BCUT2D eigenvalue weighted by Gasteiger charge is -2.19. The third-order valence-corrected chi connectivity index (χ3v) is 5.63. The fraction of sp³-hybridized carbons (Fsp3) is 0.500. The number of benzene rings is 1. The molecule has 1 aliphatic heterocycles. The highest BCUT2D eigenvalue weighted by Gasteiger charge is 2.11. The summed E-state index contributed by atoms with van der Waals surface area (Å²) in [5.41, 5.74) is 8.45. The molecule has 3 rings (SSSR count). The SMILES string of the molecule is Cl.Cl.NCCc1nc(C(=O)NCc2ccc(CN3CCCCCC3)cc2)cs1. The predicted octanol–water partition coefficient (Wildman–Crippen LogP) is 3.79. The van der Waals surface area contributed by atoms with E-state index in [4.69, 9.17) is 5.73 Å². The number of hydrogen-bond acceptors (Lipinski definition) is 5. The Hall–Kier alpha value is -1.18. The Labute approximate surface area is 183 Å². The minimum absolute atomic E-state index is 0. The van der Waals surface area contributed by atoms with Crippen LogP contribution in [0.2, 0.25) is 0 Å². The average molecular weight is 445 g/mol. The van der Waals surface area contributed by atoms with Gasteiger partial charge in [-0.05, 0) is 43.6 Å². The summed E-state index contributed by atoms with van der Waals surface area (Å²) >= 11 is 1.49. The Morgan fingerprint density at radius 1 is 1.07 bits per heavy atom. The molecule has 1 aliphatic rings. The van der Waals surface area contributed by atoms with Crippen molar-refractivity contribution in [2.24, 2.45) is 5.73 Å². The molecule has 1 aromatic heterocycles. The number of nitrogens with two attached hydrogens (primary N) is 1. The number of halogens is 2. The van der Waals surface area contributed by atoms with Gasteiger partial charge in [0, 0.05) is 24.9 Å². The Morgan fingerprint density at radius 2 is 1.71 bits per heavy atom. The first-order chi connectivity index (χ1) is 12.7. The van der Waals surface area contributed by atoms with Crippen LogP contribution in [-0.2, 0) is 19.5 Å². The average Bonchev–Trinajstić information content (AvgIpc) is 2.97. The van der Waals surface area contributed by atoms with Gasteiger partial charge < -0.3 is 11.1 Å². The first kappa shape index (κ1) is 24.9. The zero-order valence-corrected chi connectivity index (χ0v) is 18.5. The molecule has 1 aromatic carbocycles. The molecule has 0 saturated carbocycles. The molecule has 1 fully saturated rings. The van der Waals surface area contributed by atoms with E-state index in [0.29, 0.717) is 18.8 Å². The van der Waals surface area contributed by atoms with E-state index in [1.165, 1.54) is 55.7 Å². The summed E-state index contributed by atoms with van der Waals surface area (Å²) in [5.74, 6) is -0.127. The summed E-state index contributed by atoms with van der Waals surface area (Å²) < 4.78 is 0. The van der Waals surface area contributed by atoms with Crippen LogP contribution in [0, 0.1) is 0 Å². The van der Waals surface area contributed by atoms with Crippen LogP contribution in [0.4, 0.5) is 0 Å². The number of carbonyl (C=O) groups is 1. The molecular formula is C20H30Cl2N4OS. The molecule has 0 atom stereocenters. The van der Waals surface area contributed by atoms with Crippen LogP contribution < -0.4 is 11.1 Å². The molecule has 1 amide bonds. The lowest BCUT2D eigenvalue weighted by Crippen LogP contribution is -2.24. The number of nitrogens with zero attached hydrogens (tertiary/aromatic N) is 2. The van der Waals surface area contributed by atoms with Crippen LogP contribution in [-0.4, -0.2) is 35.4 Å². The summed E-state index contributed by atoms with van der Waals surface area (Å²) in [6, 6.07) is 8.56. The maximum atomic E-state index is 12.2. The predicted molar refractivity (Wildman–Crippen MR) is 121 cm³/mol. The number of carbonyl (C=O) groups excluding carboxylic acids is 1. The molecule has 0 radical (unpaired) electrons. The van der Waals surface area contributed by atoms with Gasteiger partial charge in [0.1, 0.15) is 5.69 Å². The maximum Gasteiger partial charge on any atom is 0.271 e. The number of amides is 1. The van der Waals surface area contributed by atoms with Crippen LogP contribution in [0.15, 0.2) is 29.6 Å². The van der Waals surface area contributed by atoms with Crippen LogP contribution in [0.25, 0.3) is 0 Å². The number of likely N-dealkylation sites (tertiary alicyclic amines) is 1. The smallest absolute Gasteiger partial charge is 0.271 e. The van der Waals surface area contributed by atoms with Crippen molar-refractivity contribution in [2.45, 2.75) is 45.2 Å². The van der Waals surface area contributed by atoms with Crippen LogP contribution in [0.3, 0.4) is 0 Å². The standard InChI is InChI=1S/C20H28N4OS.2ClH/c21-10-9-19-23-18(15-26-19)20(25)22-13-16-5-7-17(8-6-16)14-24-11-3-1-2-4-12-24;;/h5-8,15H,1-4,9-14,21H2,(H,22,25);2*1H. The zero-order valence-electron chi connectivity index (χ0n) is 16.1. The third kappa shape index (κ3) is 7.68. The van der Waals surface area contributed by atoms with Gasteiger partial charge in [-0.1, -0.05) is 37.1 Å². The molecular weight excluding hydrogens is 415 g/mol. The highest BCUT2D eigenvalue weighted by Crippen LogP contribution is 2.14. The molecule has 5 nitrogen and oxygen atoms in total. The van der Waals surface area contributed by atoms with Crippen molar-refractivity contribution in [3.63, 3.8) is 0 Å². The maximum absolute atomic E-state index is 12.2. The fourth-order valence-corrected chi connectivity index (χ4v) is 4.04. The fourth-order valence-electron chi connectivity index (χ4n) is 3.24. The number of rotatable bonds is 7. The van der Waals surface area contributed by atoms with Gasteiger partial charge in [-0.15, -0.1) is 36.2 Å². The Bertz CT molecular complexity index is 700. The third-order valence-electron chi connectivity index (χ3n) is 4.72. The van der Waals surface area contributed by atoms with Gasteiger partial charge in [0.2, 0.25) is 0 Å². The van der Waals surface area contributed by atoms with Gasteiger partial charge in [0.15, 0.2) is 0 Å². The summed E-state index contributed by atoms with van der Waals surface area (Å²) in [4.78, 5) is 19.1. The van der Waals surface area contributed by atoms with Crippen molar-refractivity contribution < 1.29 is 4.79 Å². The molecule has 2 heterocycles. The first-order valence-electron chi connectivity index (χ1n) is 9.47. The van der Waals surface area contributed by atoms with Crippen LogP contribution >= 0.6 is 36.2 Å². The van der Waals surface area contributed by atoms with E-state index in [1.54, 1.807) is 5.38 Å². The van der Waals surface area contributed by atoms with Gasteiger partial charge in [0.25, 0.3) is 5.91 Å². The lowest BCUT2D eigenvalue weighted by molar-refractivity contribution is 0.0946. The molecule has 0 spiro atoms. The normalized spacial score (nSPS) is 14.5. The van der Waals surface area contributed by atoms with Crippen molar-refractivity contribution in [1.82, 2.24) is 15.2 Å². The minimum atomic E-state index is -0.127. The van der Waals surface area contributed by atoms with E-state index in [-0.39, 0.29) is 30.7 Å². The summed E-state index contributed by atoms with van der Waals surface area (Å²) in [5, 5.41) is 5.65. The molecule has 8 heteroatoms. The van der Waals surface area contributed by atoms with Crippen molar-refractivity contribution in [3.8, 4) is 0 Å². The number of aromatic nitrogens is 1. The number of thiazole rings is 1. The van der Waals surface area contributed by atoms with E-state index >= 15 is 0 Å². The van der Waals surface area contributed by atoms with E-state index < -0.39 is 0 Å². The van der Waals surface area contributed by atoms with E-state index in [1.807, 2.05) is 0 Å². The molecule has 1 saturated heterocycles. The minimum Gasteiger partial charge on any atom is -0.347 e. The number of nitrogens with one attached hydrogen (secondary N) is 1. The lowest BCUT2D eigenvalue weighted by atomic mass is 10.1. The second-order valence-electron chi connectivity index (χ2n) is 6.85. The van der Waals surface area contributed by atoms with E-state index in [2.05, 4.69) is 39.5 Å². The second kappa shape index (κ2) is 13.1. The molecule has 0 unspecified atom stereocenters. The molecule has 0 bridgehead atoms. The van der Waals surface area contributed by atoms with Crippen molar-refractivity contribution in [1.29, 1.82) is 0 Å². The summed E-state index contributed by atoms with van der Waals surface area (Å²) in [6.45, 7) is 4.51. The molecule has 28 heavy (non-hydrogen) atoms. The van der Waals surface area contributed by atoms with Gasteiger partial charge in [0.05, 0.1) is 5.01 Å². The van der Waals surface area contributed by atoms with Gasteiger partial charge in [-0.2, -0.15) is 0 Å². The van der Waals surface area contributed by atoms with Crippen molar-refractivity contribution in [3.05, 3.63) is 51.5 Å². The topological polar surface area (TPSA) is 71.2 Å². The first-order valence-corrected chi connectivity index (χ1v) is 10.4. The van der Waals surface area contributed by atoms with Gasteiger partial charge >= 0.3 is 0 Å². The van der Waals surface area contributed by atoms with Gasteiger partial charge in [-0.25, -0.2) is 4.98 Å². The Kier molecular flexibility index (Phi) is 11.6. The zero-order chi connectivity index (χ0) is 18.2. The number of hydrogen-bond donors (Lipinski definition) is 2. The monoisotopic (exact) mass is 444 g/mol. The van der Waals surface area contributed by atoms with Crippen LogP contribution in [0.1, 0.15) is 52.3 Å². The molecule has 2 aromatic rings. The van der Waals surface area contributed by atoms with Crippen LogP contribution in [0.5, 0.6) is 0 Å². The molecule has 156 valence electrons. The molecule has 3 N–H and O–H groups in total. The quantitative estimate of drug-likeness (QED) is 0.680. The highest BCUT2D eigenvalue weighted by atomic mass is 35.5. The van der Waals surface area contributed by atoms with Crippen molar-refractivity contribution in [2.75, 3.05) is 19.6 Å².